The van der Waals surface area contributed by atoms with Crippen molar-refractivity contribution in [2.24, 2.45) is 0 Å². The summed E-state index contributed by atoms with van der Waals surface area (Å²) in [5.41, 5.74) is -0.303. The van der Waals surface area contributed by atoms with Crippen molar-refractivity contribution in [3.05, 3.63) is 40.6 Å². The van der Waals surface area contributed by atoms with E-state index in [2.05, 4.69) is 5.32 Å². The van der Waals surface area contributed by atoms with Crippen LogP contribution in [0.25, 0.3) is 0 Å². The Kier molecular flexibility index (Phi) is 3.49. The number of aliphatic hydroxyl groups is 1. The average Bonchev–Trinajstić information content (AvgIpc) is 2.82. The van der Waals surface area contributed by atoms with Gasteiger partial charge in [-0.2, -0.15) is 0 Å². The molecule has 0 bridgehead atoms. The maximum atomic E-state index is 11.5. The van der Waals surface area contributed by atoms with Gasteiger partial charge in [-0.15, -0.1) is 0 Å². The third-order valence-electron chi connectivity index (χ3n) is 4.73. The molecule has 22 heavy (non-hydrogen) atoms. The lowest BCUT2D eigenvalue weighted by Gasteiger charge is -2.50. The summed E-state index contributed by atoms with van der Waals surface area (Å²) < 4.78 is 5.97. The second kappa shape index (κ2) is 5.00. The lowest BCUT2D eigenvalue weighted by Crippen LogP contribution is -2.61. The van der Waals surface area contributed by atoms with Crippen molar-refractivity contribution < 1.29 is 14.6 Å². The molecule has 1 aliphatic carbocycles. The molecule has 0 aromatic heterocycles. The van der Waals surface area contributed by atoms with Crippen molar-refractivity contribution in [1.29, 1.82) is 0 Å². The predicted octanol–water partition coefficient (Wildman–Crippen LogP) is 3.14. The summed E-state index contributed by atoms with van der Waals surface area (Å²) in [7, 11) is 0. The van der Waals surface area contributed by atoms with E-state index in [4.69, 9.17) is 16.3 Å². The SMILES string of the molecule is CC1(C)Oc2ccc(Cl)cc2C(NC2=CC(=O)CC2)C1(C)O. The van der Waals surface area contributed by atoms with Crippen LogP contribution in [0.15, 0.2) is 30.0 Å². The minimum atomic E-state index is -1.17. The minimum absolute atomic E-state index is 0.111. The van der Waals surface area contributed by atoms with Crippen molar-refractivity contribution in [3.8, 4) is 5.75 Å². The number of halogens is 1. The van der Waals surface area contributed by atoms with E-state index in [0.29, 0.717) is 23.6 Å². The highest BCUT2D eigenvalue weighted by atomic mass is 35.5. The lowest BCUT2D eigenvalue weighted by atomic mass is 9.75. The van der Waals surface area contributed by atoms with Crippen LogP contribution < -0.4 is 10.1 Å². The van der Waals surface area contributed by atoms with Gasteiger partial charge in [-0.05, 0) is 45.4 Å². The van der Waals surface area contributed by atoms with E-state index >= 15 is 0 Å². The summed E-state index contributed by atoms with van der Waals surface area (Å²) in [6, 6.07) is 4.99. The molecule has 1 heterocycles. The standard InChI is InChI=1S/C17H20ClNO3/c1-16(2)17(3,21)15(19-11-5-6-12(20)9-11)13-8-10(18)4-7-14(13)22-16/h4,7-9,15,19,21H,5-6H2,1-3H3. The van der Waals surface area contributed by atoms with Crippen LogP contribution in [0.3, 0.4) is 0 Å². The van der Waals surface area contributed by atoms with Gasteiger partial charge in [0.2, 0.25) is 0 Å². The van der Waals surface area contributed by atoms with Gasteiger partial charge < -0.3 is 15.2 Å². The maximum absolute atomic E-state index is 11.5. The number of ketones is 1. The molecule has 3 rings (SSSR count). The number of benzene rings is 1. The molecule has 2 atom stereocenters. The fraction of sp³-hybridized carbons (Fsp3) is 0.471. The van der Waals surface area contributed by atoms with Crippen LogP contribution in [0.1, 0.15) is 45.2 Å². The minimum Gasteiger partial charge on any atom is -0.484 e. The van der Waals surface area contributed by atoms with Gasteiger partial charge in [-0.25, -0.2) is 0 Å². The van der Waals surface area contributed by atoms with E-state index in [9.17, 15) is 9.90 Å². The van der Waals surface area contributed by atoms with Crippen LogP contribution in [-0.2, 0) is 4.79 Å². The van der Waals surface area contributed by atoms with Gasteiger partial charge in [0.05, 0.1) is 6.04 Å². The molecular weight excluding hydrogens is 302 g/mol. The van der Waals surface area contributed by atoms with Crippen molar-refractivity contribution in [2.45, 2.75) is 50.9 Å². The molecule has 4 nitrogen and oxygen atoms in total. The molecule has 2 aliphatic rings. The monoisotopic (exact) mass is 321 g/mol. The highest BCUT2D eigenvalue weighted by Crippen LogP contribution is 2.47. The fourth-order valence-corrected chi connectivity index (χ4v) is 3.16. The first-order valence-corrected chi connectivity index (χ1v) is 7.79. The van der Waals surface area contributed by atoms with E-state index in [-0.39, 0.29) is 5.78 Å². The largest absolute Gasteiger partial charge is 0.484 e. The Morgan fingerprint density at radius 2 is 2.05 bits per heavy atom. The number of rotatable bonds is 2. The van der Waals surface area contributed by atoms with Crippen LogP contribution in [0.4, 0.5) is 0 Å². The lowest BCUT2D eigenvalue weighted by molar-refractivity contribution is -0.137. The Bertz CT molecular complexity index is 664. The summed E-state index contributed by atoms with van der Waals surface area (Å²) in [4.78, 5) is 11.5. The topological polar surface area (TPSA) is 58.6 Å². The Balaban J connectivity index is 2.06. The zero-order valence-electron chi connectivity index (χ0n) is 12.9. The molecule has 0 saturated carbocycles. The van der Waals surface area contributed by atoms with E-state index in [1.807, 2.05) is 19.9 Å². The Labute approximate surface area is 135 Å². The number of fused-ring (bicyclic) bond motifs is 1. The first kappa shape index (κ1) is 15.4. The quantitative estimate of drug-likeness (QED) is 0.878. The van der Waals surface area contributed by atoms with Crippen molar-refractivity contribution in [3.63, 3.8) is 0 Å². The normalized spacial score (nSPS) is 29.6. The van der Waals surface area contributed by atoms with Gasteiger partial charge in [0.1, 0.15) is 17.0 Å². The van der Waals surface area contributed by atoms with Crippen molar-refractivity contribution >= 4 is 17.4 Å². The van der Waals surface area contributed by atoms with Crippen LogP contribution in [0.2, 0.25) is 5.02 Å². The third kappa shape index (κ3) is 2.40. The number of ether oxygens (including phenoxy) is 1. The Morgan fingerprint density at radius 1 is 1.32 bits per heavy atom. The van der Waals surface area contributed by atoms with E-state index in [1.165, 1.54) is 0 Å². The number of carbonyl (C=O) groups is 1. The molecule has 2 N–H and O–H groups in total. The number of allylic oxidation sites excluding steroid dienone is 2. The maximum Gasteiger partial charge on any atom is 0.157 e. The van der Waals surface area contributed by atoms with Gasteiger partial charge in [0.25, 0.3) is 0 Å². The summed E-state index contributed by atoms with van der Waals surface area (Å²) in [6.45, 7) is 5.45. The third-order valence-corrected chi connectivity index (χ3v) is 4.97. The second-order valence-electron chi connectivity index (χ2n) is 6.66. The van der Waals surface area contributed by atoms with Gasteiger partial charge in [0, 0.05) is 28.8 Å². The van der Waals surface area contributed by atoms with Crippen LogP contribution in [-0.4, -0.2) is 22.1 Å². The molecule has 2 unspecified atom stereocenters. The van der Waals surface area contributed by atoms with Crippen LogP contribution in [0.5, 0.6) is 5.75 Å². The molecule has 1 aliphatic heterocycles. The highest BCUT2D eigenvalue weighted by Gasteiger charge is 2.53. The highest BCUT2D eigenvalue weighted by molar-refractivity contribution is 6.30. The molecule has 5 heteroatoms. The smallest absolute Gasteiger partial charge is 0.157 e. The zero-order chi connectivity index (χ0) is 16.1. The predicted molar refractivity (Wildman–Crippen MR) is 85.0 cm³/mol. The first-order valence-electron chi connectivity index (χ1n) is 7.41. The molecule has 0 saturated heterocycles. The van der Waals surface area contributed by atoms with Crippen molar-refractivity contribution in [2.75, 3.05) is 0 Å². The number of hydrogen-bond donors (Lipinski definition) is 2. The number of carbonyl (C=O) groups excluding carboxylic acids is 1. The molecule has 1 aromatic rings. The van der Waals surface area contributed by atoms with E-state index < -0.39 is 17.2 Å². The molecule has 118 valence electrons. The first-order chi connectivity index (χ1) is 10.2. The Morgan fingerprint density at radius 3 is 2.68 bits per heavy atom. The van der Waals surface area contributed by atoms with Crippen molar-refractivity contribution in [1.82, 2.24) is 5.32 Å². The van der Waals surface area contributed by atoms with E-state index in [0.717, 1.165) is 11.3 Å². The van der Waals surface area contributed by atoms with Gasteiger partial charge >= 0.3 is 0 Å². The van der Waals surface area contributed by atoms with Crippen LogP contribution in [0, 0.1) is 0 Å². The second-order valence-corrected chi connectivity index (χ2v) is 7.09. The summed E-state index contributed by atoms with van der Waals surface area (Å²) >= 11 is 6.11. The summed E-state index contributed by atoms with van der Waals surface area (Å²) in [6.07, 6.45) is 2.80. The van der Waals surface area contributed by atoms with Gasteiger partial charge in [-0.1, -0.05) is 11.6 Å². The molecule has 0 amide bonds. The average molecular weight is 322 g/mol. The summed E-state index contributed by atoms with van der Waals surface area (Å²) in [5.74, 6) is 0.808. The molecule has 0 fully saturated rings. The zero-order valence-corrected chi connectivity index (χ0v) is 13.7. The number of nitrogens with one attached hydrogen (secondary N) is 1. The number of hydrogen-bond acceptors (Lipinski definition) is 4. The van der Waals surface area contributed by atoms with Crippen LogP contribution >= 0.6 is 11.6 Å². The molecule has 0 spiro atoms. The summed E-state index contributed by atoms with van der Waals surface area (Å²) in [5, 5.41) is 15.0. The van der Waals surface area contributed by atoms with E-state index in [1.54, 1.807) is 25.1 Å². The molecular formula is C17H20ClNO3. The van der Waals surface area contributed by atoms with Gasteiger partial charge in [-0.3, -0.25) is 4.79 Å². The molecule has 0 radical (unpaired) electrons. The fourth-order valence-electron chi connectivity index (χ4n) is 2.98. The molecule has 1 aromatic carbocycles. The Hall–Kier alpha value is -1.52. The van der Waals surface area contributed by atoms with Gasteiger partial charge in [0.15, 0.2) is 5.78 Å².